The maximum atomic E-state index is 12.0. The summed E-state index contributed by atoms with van der Waals surface area (Å²) >= 11 is 0. The molecular weight excluding hydrogens is 250 g/mol. The van der Waals surface area contributed by atoms with Crippen LogP contribution in [0.4, 0.5) is 0 Å². The Balaban J connectivity index is 2.71. The van der Waals surface area contributed by atoms with E-state index >= 15 is 0 Å². The number of hydrogen-bond donors (Lipinski definition) is 1. The molecular formula is C17H27NO2. The van der Waals surface area contributed by atoms with E-state index in [2.05, 4.69) is 38.2 Å². The number of aryl methyl sites for hydroxylation is 1. The zero-order valence-electron chi connectivity index (χ0n) is 13.3. The second kappa shape index (κ2) is 7.93. The number of benzene rings is 1. The molecule has 3 nitrogen and oxygen atoms in total. The molecule has 1 atom stereocenters. The molecule has 1 aromatic rings. The molecule has 0 spiro atoms. The highest BCUT2D eigenvalue weighted by Gasteiger charge is 2.17. The summed E-state index contributed by atoms with van der Waals surface area (Å²) in [6.07, 6.45) is 1.61. The first-order chi connectivity index (χ1) is 9.45. The summed E-state index contributed by atoms with van der Waals surface area (Å²) in [5, 5.41) is 2.90. The van der Waals surface area contributed by atoms with Gasteiger partial charge in [0, 0.05) is 6.54 Å². The molecule has 0 saturated heterocycles. The second-order valence-corrected chi connectivity index (χ2v) is 5.60. The molecule has 20 heavy (non-hydrogen) atoms. The maximum absolute atomic E-state index is 12.0. The number of unbranched alkanes of at least 4 members (excludes halogenated alkanes) is 1. The summed E-state index contributed by atoms with van der Waals surface area (Å²) in [7, 11) is 0. The van der Waals surface area contributed by atoms with Crippen molar-refractivity contribution in [2.45, 2.75) is 59.5 Å². The van der Waals surface area contributed by atoms with Gasteiger partial charge >= 0.3 is 0 Å². The molecule has 0 saturated carbocycles. The predicted molar refractivity (Wildman–Crippen MR) is 83.3 cm³/mol. The Labute approximate surface area is 122 Å². The van der Waals surface area contributed by atoms with E-state index in [1.165, 1.54) is 0 Å². The standard InChI is InChI=1S/C17H27NO2/c1-6-7-10-18-17(19)14(5)20-16-11-13(4)8-9-15(16)12(2)3/h8-9,11-12,14H,6-7,10H2,1-5H3,(H,18,19)/t14-/m1/s1. The van der Waals surface area contributed by atoms with Crippen LogP contribution in [0.1, 0.15) is 57.6 Å². The Morgan fingerprint density at radius 1 is 1.30 bits per heavy atom. The van der Waals surface area contributed by atoms with Crippen molar-refractivity contribution in [3.05, 3.63) is 29.3 Å². The summed E-state index contributed by atoms with van der Waals surface area (Å²) in [5.41, 5.74) is 2.28. The first kappa shape index (κ1) is 16.5. The molecule has 0 unspecified atom stereocenters. The van der Waals surface area contributed by atoms with E-state index in [-0.39, 0.29) is 5.91 Å². The second-order valence-electron chi connectivity index (χ2n) is 5.60. The fourth-order valence-electron chi connectivity index (χ4n) is 2.00. The quantitative estimate of drug-likeness (QED) is 0.770. The van der Waals surface area contributed by atoms with Gasteiger partial charge in [-0.05, 0) is 43.4 Å². The van der Waals surface area contributed by atoms with E-state index in [1.54, 1.807) is 6.92 Å². The van der Waals surface area contributed by atoms with Gasteiger partial charge < -0.3 is 10.1 Å². The third-order valence-corrected chi connectivity index (χ3v) is 3.29. The zero-order valence-corrected chi connectivity index (χ0v) is 13.3. The summed E-state index contributed by atoms with van der Waals surface area (Å²) in [6.45, 7) is 10.9. The third kappa shape index (κ3) is 4.87. The highest BCUT2D eigenvalue weighted by molar-refractivity contribution is 5.80. The van der Waals surface area contributed by atoms with Gasteiger partial charge in [0.15, 0.2) is 6.10 Å². The SMILES string of the molecule is CCCCNC(=O)[C@@H](C)Oc1cc(C)ccc1C(C)C. The molecule has 0 bridgehead atoms. The molecule has 1 rings (SSSR count). The number of carbonyl (C=O) groups is 1. The van der Waals surface area contributed by atoms with E-state index in [9.17, 15) is 4.79 Å². The van der Waals surface area contributed by atoms with Crippen LogP contribution in [0.5, 0.6) is 5.75 Å². The summed E-state index contributed by atoms with van der Waals surface area (Å²) in [4.78, 5) is 12.0. The topological polar surface area (TPSA) is 38.3 Å². The van der Waals surface area contributed by atoms with Crippen LogP contribution in [0, 0.1) is 6.92 Å². The number of carbonyl (C=O) groups excluding carboxylic acids is 1. The van der Waals surface area contributed by atoms with Crippen molar-refractivity contribution in [2.75, 3.05) is 6.54 Å². The van der Waals surface area contributed by atoms with Gasteiger partial charge in [0.05, 0.1) is 0 Å². The molecule has 0 aliphatic heterocycles. The van der Waals surface area contributed by atoms with Crippen LogP contribution >= 0.6 is 0 Å². The van der Waals surface area contributed by atoms with Crippen LogP contribution in [-0.2, 0) is 4.79 Å². The lowest BCUT2D eigenvalue weighted by Crippen LogP contribution is -2.37. The van der Waals surface area contributed by atoms with Gasteiger partial charge in [-0.3, -0.25) is 4.79 Å². The smallest absolute Gasteiger partial charge is 0.260 e. The van der Waals surface area contributed by atoms with Gasteiger partial charge in [0.2, 0.25) is 0 Å². The van der Waals surface area contributed by atoms with Gasteiger partial charge in [-0.1, -0.05) is 39.3 Å². The average molecular weight is 277 g/mol. The van der Waals surface area contributed by atoms with Crippen LogP contribution in [0.3, 0.4) is 0 Å². The molecule has 1 N–H and O–H groups in total. The lowest BCUT2D eigenvalue weighted by atomic mass is 10.0. The first-order valence-corrected chi connectivity index (χ1v) is 7.50. The minimum absolute atomic E-state index is 0.0466. The van der Waals surface area contributed by atoms with Gasteiger partial charge in [-0.2, -0.15) is 0 Å². The normalized spacial score (nSPS) is 12.3. The highest BCUT2D eigenvalue weighted by atomic mass is 16.5. The molecule has 0 aliphatic carbocycles. The summed E-state index contributed by atoms with van der Waals surface area (Å²) in [6, 6.07) is 6.16. The maximum Gasteiger partial charge on any atom is 0.260 e. The fraction of sp³-hybridized carbons (Fsp3) is 0.588. The Hall–Kier alpha value is -1.51. The molecule has 0 radical (unpaired) electrons. The van der Waals surface area contributed by atoms with Crippen LogP contribution in [0.25, 0.3) is 0 Å². The molecule has 1 amide bonds. The number of ether oxygens (including phenoxy) is 1. The first-order valence-electron chi connectivity index (χ1n) is 7.50. The number of nitrogens with one attached hydrogen (secondary N) is 1. The predicted octanol–water partition coefficient (Wildman–Crippen LogP) is 3.80. The molecule has 0 fully saturated rings. The molecule has 0 heterocycles. The monoisotopic (exact) mass is 277 g/mol. The van der Waals surface area contributed by atoms with Crippen LogP contribution in [0.2, 0.25) is 0 Å². The molecule has 3 heteroatoms. The largest absolute Gasteiger partial charge is 0.481 e. The molecule has 0 aromatic heterocycles. The van der Waals surface area contributed by atoms with E-state index in [1.807, 2.05) is 13.0 Å². The van der Waals surface area contributed by atoms with Crippen LogP contribution in [-0.4, -0.2) is 18.6 Å². The van der Waals surface area contributed by atoms with Crippen LogP contribution < -0.4 is 10.1 Å². The van der Waals surface area contributed by atoms with Gasteiger partial charge in [0.1, 0.15) is 5.75 Å². The van der Waals surface area contributed by atoms with Crippen molar-refractivity contribution >= 4 is 5.91 Å². The summed E-state index contributed by atoms with van der Waals surface area (Å²) < 4.78 is 5.87. The molecule has 112 valence electrons. The van der Waals surface area contributed by atoms with Crippen molar-refractivity contribution in [3.8, 4) is 5.75 Å². The number of amides is 1. The Morgan fingerprint density at radius 3 is 2.60 bits per heavy atom. The van der Waals surface area contributed by atoms with Gasteiger partial charge in [0.25, 0.3) is 5.91 Å². The van der Waals surface area contributed by atoms with Crippen molar-refractivity contribution in [2.24, 2.45) is 0 Å². The van der Waals surface area contributed by atoms with Gasteiger partial charge in [-0.15, -0.1) is 0 Å². The Bertz CT molecular complexity index is 441. The van der Waals surface area contributed by atoms with Crippen LogP contribution in [0.15, 0.2) is 18.2 Å². The van der Waals surface area contributed by atoms with Gasteiger partial charge in [-0.25, -0.2) is 0 Å². The molecule has 0 aliphatic rings. The highest BCUT2D eigenvalue weighted by Crippen LogP contribution is 2.28. The van der Waals surface area contributed by atoms with E-state index in [0.717, 1.165) is 29.7 Å². The zero-order chi connectivity index (χ0) is 15.1. The van der Waals surface area contributed by atoms with E-state index < -0.39 is 6.10 Å². The Kier molecular flexibility index (Phi) is 6.56. The van der Waals surface area contributed by atoms with Crippen molar-refractivity contribution in [1.29, 1.82) is 0 Å². The number of rotatable bonds is 7. The van der Waals surface area contributed by atoms with E-state index in [4.69, 9.17) is 4.74 Å². The molecule has 1 aromatic carbocycles. The minimum atomic E-state index is -0.467. The van der Waals surface area contributed by atoms with Crippen molar-refractivity contribution in [3.63, 3.8) is 0 Å². The number of hydrogen-bond acceptors (Lipinski definition) is 2. The lowest BCUT2D eigenvalue weighted by Gasteiger charge is -2.19. The third-order valence-electron chi connectivity index (χ3n) is 3.29. The van der Waals surface area contributed by atoms with Crippen molar-refractivity contribution < 1.29 is 9.53 Å². The van der Waals surface area contributed by atoms with E-state index in [0.29, 0.717) is 12.5 Å². The minimum Gasteiger partial charge on any atom is -0.481 e. The summed E-state index contributed by atoms with van der Waals surface area (Å²) in [5.74, 6) is 1.15. The lowest BCUT2D eigenvalue weighted by molar-refractivity contribution is -0.127. The van der Waals surface area contributed by atoms with Crippen molar-refractivity contribution in [1.82, 2.24) is 5.32 Å². The average Bonchev–Trinajstić information content (AvgIpc) is 2.38. The fourth-order valence-corrected chi connectivity index (χ4v) is 2.00. The Morgan fingerprint density at radius 2 is 2.00 bits per heavy atom.